The highest BCUT2D eigenvalue weighted by Crippen LogP contribution is 2.43. The molecule has 2 N–H and O–H groups in total. The largest absolute Gasteiger partial charge is 0.467 e. The van der Waals surface area contributed by atoms with Crippen LogP contribution in [0.3, 0.4) is 0 Å². The second-order valence-electron chi connectivity index (χ2n) is 6.06. The lowest BCUT2D eigenvalue weighted by Crippen LogP contribution is -2.35. The molecule has 4 heterocycles. The molecule has 10 heteroatoms. The van der Waals surface area contributed by atoms with E-state index in [-0.39, 0.29) is 17.9 Å². The molecule has 1 amide bonds. The minimum atomic E-state index is -4.52. The highest BCUT2D eigenvalue weighted by atomic mass is 19.4. The maximum atomic E-state index is 13.6. The number of anilines is 2. The second-order valence-corrected chi connectivity index (χ2v) is 6.06. The van der Waals surface area contributed by atoms with Crippen LogP contribution in [-0.2, 0) is 0 Å². The fourth-order valence-corrected chi connectivity index (χ4v) is 2.99. The normalized spacial score (nSPS) is 19.2. The number of amides is 1. The maximum Gasteiger partial charge on any atom is 0.410 e. The fraction of sp³-hybridized carbons (Fsp3) is 0.235. The van der Waals surface area contributed by atoms with E-state index in [0.717, 1.165) is 4.68 Å². The van der Waals surface area contributed by atoms with Crippen LogP contribution in [0.25, 0.3) is 0 Å². The number of furan rings is 1. The van der Waals surface area contributed by atoms with Gasteiger partial charge in [0, 0.05) is 18.7 Å². The van der Waals surface area contributed by atoms with E-state index in [9.17, 15) is 18.0 Å². The smallest absolute Gasteiger partial charge is 0.410 e. The summed E-state index contributed by atoms with van der Waals surface area (Å²) in [6.07, 6.45) is -0.451. The predicted molar refractivity (Wildman–Crippen MR) is 89.2 cm³/mol. The van der Waals surface area contributed by atoms with Gasteiger partial charge in [-0.15, -0.1) is 0 Å². The Hall–Kier alpha value is -3.30. The van der Waals surface area contributed by atoms with Gasteiger partial charge in [-0.05, 0) is 24.3 Å². The van der Waals surface area contributed by atoms with Gasteiger partial charge < -0.3 is 15.1 Å². The summed E-state index contributed by atoms with van der Waals surface area (Å²) in [6.45, 7) is 0. The van der Waals surface area contributed by atoms with Crippen molar-refractivity contribution < 1.29 is 22.4 Å². The Balaban J connectivity index is 1.64. The van der Waals surface area contributed by atoms with Gasteiger partial charge >= 0.3 is 6.18 Å². The van der Waals surface area contributed by atoms with Crippen LogP contribution in [0.4, 0.5) is 24.7 Å². The molecular weight excluding hydrogens is 363 g/mol. The van der Waals surface area contributed by atoms with Crippen molar-refractivity contribution in [3.63, 3.8) is 0 Å². The number of hydrogen-bond donors (Lipinski definition) is 2. The van der Waals surface area contributed by atoms with E-state index in [1.54, 1.807) is 24.3 Å². The number of nitrogens with one attached hydrogen (secondary N) is 2. The molecule has 1 aliphatic heterocycles. The first-order valence-electron chi connectivity index (χ1n) is 8.09. The first-order valence-corrected chi connectivity index (χ1v) is 8.09. The first-order chi connectivity index (χ1) is 12.9. The number of halogens is 3. The van der Waals surface area contributed by atoms with Gasteiger partial charge in [-0.1, -0.05) is 0 Å². The van der Waals surface area contributed by atoms with E-state index in [1.807, 2.05) is 0 Å². The van der Waals surface area contributed by atoms with Crippen molar-refractivity contribution in [1.82, 2.24) is 14.8 Å². The van der Waals surface area contributed by atoms with E-state index >= 15 is 0 Å². The Labute approximate surface area is 151 Å². The van der Waals surface area contributed by atoms with Gasteiger partial charge in [-0.25, -0.2) is 4.68 Å². The lowest BCUT2D eigenvalue weighted by molar-refractivity contribution is -0.174. The maximum absolute atomic E-state index is 13.6. The average molecular weight is 377 g/mol. The molecule has 0 spiro atoms. The van der Waals surface area contributed by atoms with Crippen LogP contribution in [0.1, 0.15) is 34.8 Å². The molecule has 0 fully saturated rings. The number of fused-ring (bicyclic) bond motifs is 1. The third kappa shape index (κ3) is 3.37. The number of hydrogen-bond acceptors (Lipinski definition) is 5. The Morgan fingerprint density at radius 2 is 2.19 bits per heavy atom. The summed E-state index contributed by atoms with van der Waals surface area (Å²) in [4.78, 5) is 16.2. The second kappa shape index (κ2) is 6.45. The van der Waals surface area contributed by atoms with Crippen molar-refractivity contribution in [3.8, 4) is 0 Å². The fourth-order valence-electron chi connectivity index (χ4n) is 2.99. The molecule has 2 unspecified atom stereocenters. The molecule has 3 aromatic heterocycles. The highest BCUT2D eigenvalue weighted by molar-refractivity contribution is 6.03. The highest BCUT2D eigenvalue weighted by Gasteiger charge is 2.47. The van der Waals surface area contributed by atoms with Crippen LogP contribution < -0.4 is 10.6 Å². The van der Waals surface area contributed by atoms with E-state index in [4.69, 9.17) is 4.42 Å². The number of pyridine rings is 1. The van der Waals surface area contributed by atoms with Gasteiger partial charge in [0.2, 0.25) is 0 Å². The van der Waals surface area contributed by atoms with Crippen LogP contribution in [-0.4, -0.2) is 26.8 Å². The average Bonchev–Trinajstić information content (AvgIpc) is 3.30. The Morgan fingerprint density at radius 3 is 2.85 bits per heavy atom. The number of carbonyl (C=O) groups is 1. The molecule has 0 aliphatic carbocycles. The summed E-state index contributed by atoms with van der Waals surface area (Å²) in [5.41, 5.74) is 0.290. The van der Waals surface area contributed by atoms with E-state index < -0.39 is 24.2 Å². The Morgan fingerprint density at radius 1 is 1.33 bits per heavy atom. The SMILES string of the molecule is O=C(Nc1cccnc1)c1cc2n(n1)C(C(F)(F)F)CC(c1ccco1)N2. The number of alkyl halides is 3. The van der Waals surface area contributed by atoms with Crippen molar-refractivity contribution in [3.05, 3.63) is 60.4 Å². The first kappa shape index (κ1) is 17.1. The molecule has 0 saturated carbocycles. The van der Waals surface area contributed by atoms with Gasteiger partial charge in [0.1, 0.15) is 11.6 Å². The van der Waals surface area contributed by atoms with E-state index in [0.29, 0.717) is 11.4 Å². The molecule has 7 nitrogen and oxygen atoms in total. The molecule has 1 aliphatic rings. The van der Waals surface area contributed by atoms with Gasteiger partial charge in [0.15, 0.2) is 11.7 Å². The summed E-state index contributed by atoms with van der Waals surface area (Å²) in [5, 5.41) is 9.39. The van der Waals surface area contributed by atoms with Crippen LogP contribution in [0.5, 0.6) is 0 Å². The topological polar surface area (TPSA) is 85.0 Å². The molecule has 4 rings (SSSR count). The van der Waals surface area contributed by atoms with Gasteiger partial charge in [-0.3, -0.25) is 9.78 Å². The van der Waals surface area contributed by atoms with E-state index in [1.165, 1.54) is 24.7 Å². The van der Waals surface area contributed by atoms with Crippen molar-refractivity contribution in [1.29, 1.82) is 0 Å². The van der Waals surface area contributed by atoms with Crippen LogP contribution in [0, 0.1) is 0 Å². The van der Waals surface area contributed by atoms with Gasteiger partial charge in [0.05, 0.1) is 24.2 Å². The summed E-state index contributed by atoms with van der Waals surface area (Å²) in [7, 11) is 0. The lowest BCUT2D eigenvalue weighted by atomic mass is 10.0. The monoisotopic (exact) mass is 377 g/mol. The van der Waals surface area contributed by atoms with Crippen LogP contribution in [0.15, 0.2) is 53.4 Å². The third-order valence-electron chi connectivity index (χ3n) is 4.23. The molecule has 2 atom stereocenters. The van der Waals surface area contributed by atoms with E-state index in [2.05, 4.69) is 20.7 Å². The van der Waals surface area contributed by atoms with Gasteiger partial charge in [-0.2, -0.15) is 18.3 Å². The summed E-state index contributed by atoms with van der Waals surface area (Å²) in [5.74, 6) is -0.137. The van der Waals surface area contributed by atoms with Crippen LogP contribution >= 0.6 is 0 Å². The molecule has 27 heavy (non-hydrogen) atoms. The molecule has 0 radical (unpaired) electrons. The Kier molecular flexibility index (Phi) is 4.09. The number of rotatable bonds is 3. The van der Waals surface area contributed by atoms with Crippen molar-refractivity contribution in [2.24, 2.45) is 0 Å². The summed E-state index contributed by atoms with van der Waals surface area (Å²) >= 11 is 0. The lowest BCUT2D eigenvalue weighted by Gasteiger charge is -2.32. The summed E-state index contributed by atoms with van der Waals surface area (Å²) in [6, 6.07) is 5.20. The molecule has 0 bridgehead atoms. The minimum absolute atomic E-state index is 0.0984. The number of carbonyl (C=O) groups excluding carboxylic acids is 1. The Bertz CT molecular complexity index is 937. The molecule has 0 saturated heterocycles. The standard InChI is InChI=1S/C17H14F3N5O2/c18-17(19,20)14-7-11(13-4-2-6-27-13)23-15-8-12(24-25(14)15)16(26)22-10-3-1-5-21-9-10/h1-6,8-9,11,14,23H,7H2,(H,22,26). The van der Waals surface area contributed by atoms with Crippen molar-refractivity contribution >= 4 is 17.4 Å². The quantitative estimate of drug-likeness (QED) is 0.726. The van der Waals surface area contributed by atoms with Crippen LogP contribution in [0.2, 0.25) is 0 Å². The molecule has 0 aromatic carbocycles. The van der Waals surface area contributed by atoms with Gasteiger partial charge in [0.25, 0.3) is 5.91 Å². The van der Waals surface area contributed by atoms with Crippen molar-refractivity contribution in [2.75, 3.05) is 10.6 Å². The zero-order valence-corrected chi connectivity index (χ0v) is 13.8. The molecular formula is C17H14F3N5O2. The van der Waals surface area contributed by atoms with Crippen molar-refractivity contribution in [2.45, 2.75) is 24.7 Å². The zero-order chi connectivity index (χ0) is 19.0. The molecule has 3 aromatic rings. The zero-order valence-electron chi connectivity index (χ0n) is 13.8. The summed E-state index contributed by atoms with van der Waals surface area (Å²) < 4.78 is 46.7. The predicted octanol–water partition coefficient (Wildman–Crippen LogP) is 3.78. The number of aromatic nitrogens is 3. The molecule has 140 valence electrons. The minimum Gasteiger partial charge on any atom is -0.467 e. The third-order valence-corrected chi connectivity index (χ3v) is 4.23. The number of nitrogens with zero attached hydrogens (tertiary/aromatic N) is 3.